The summed E-state index contributed by atoms with van der Waals surface area (Å²) in [6.07, 6.45) is -0.777. The van der Waals surface area contributed by atoms with Crippen LogP contribution in [-0.4, -0.2) is 39.4 Å². The molecule has 1 aromatic carbocycles. The van der Waals surface area contributed by atoms with Gasteiger partial charge in [0.1, 0.15) is 5.75 Å². The highest BCUT2D eigenvalue weighted by Crippen LogP contribution is 2.44. The van der Waals surface area contributed by atoms with E-state index in [4.69, 9.17) is 4.74 Å². The predicted octanol–water partition coefficient (Wildman–Crippen LogP) is 4.24. The lowest BCUT2D eigenvalue weighted by Gasteiger charge is -2.32. The van der Waals surface area contributed by atoms with Crippen LogP contribution in [0.3, 0.4) is 0 Å². The molecule has 1 aliphatic carbocycles. The van der Waals surface area contributed by atoms with Crippen molar-refractivity contribution < 1.29 is 17.9 Å². The van der Waals surface area contributed by atoms with E-state index < -0.39 is 12.6 Å². The van der Waals surface area contributed by atoms with Gasteiger partial charge in [0.05, 0.1) is 13.5 Å². The van der Waals surface area contributed by atoms with Crippen LogP contribution in [0.1, 0.15) is 37.7 Å². The first-order valence-corrected chi connectivity index (χ1v) is 8.55. The van der Waals surface area contributed by atoms with Crippen molar-refractivity contribution in [1.29, 1.82) is 0 Å². The molecule has 2 rings (SSSR count). The second-order valence-corrected chi connectivity index (χ2v) is 6.41. The Labute approximate surface area is 170 Å². The van der Waals surface area contributed by atoms with Crippen LogP contribution >= 0.6 is 24.0 Å². The molecule has 0 aromatic heterocycles. The maximum atomic E-state index is 12.3. The highest BCUT2D eigenvalue weighted by atomic mass is 127. The zero-order valence-electron chi connectivity index (χ0n) is 15.2. The summed E-state index contributed by atoms with van der Waals surface area (Å²) in [6, 6.07) is 7.96. The molecule has 0 aliphatic heterocycles. The minimum absolute atomic E-state index is 0. The first kappa shape index (κ1) is 22.9. The van der Waals surface area contributed by atoms with Gasteiger partial charge in [-0.3, -0.25) is 4.99 Å². The molecule has 26 heavy (non-hydrogen) atoms. The number of nitrogens with one attached hydrogen (secondary N) is 2. The number of hydrogen-bond donors (Lipinski definition) is 2. The Morgan fingerprint density at radius 2 is 1.85 bits per heavy atom. The molecule has 4 nitrogen and oxygen atoms in total. The summed E-state index contributed by atoms with van der Waals surface area (Å²) in [5.74, 6) is 1.25. The van der Waals surface area contributed by atoms with Crippen molar-refractivity contribution in [2.45, 2.75) is 43.7 Å². The largest absolute Gasteiger partial charge is 0.496 e. The Kier molecular flexibility index (Phi) is 8.99. The van der Waals surface area contributed by atoms with Gasteiger partial charge in [-0.1, -0.05) is 31.0 Å². The maximum absolute atomic E-state index is 12.3. The molecule has 0 amide bonds. The molecular weight excluding hydrogens is 458 g/mol. The van der Waals surface area contributed by atoms with E-state index in [-0.39, 0.29) is 35.9 Å². The summed E-state index contributed by atoms with van der Waals surface area (Å²) in [5, 5.41) is 5.94. The van der Waals surface area contributed by atoms with E-state index in [0.717, 1.165) is 37.0 Å². The summed E-state index contributed by atoms with van der Waals surface area (Å²) < 4.78 is 42.4. The number of aliphatic imine (C=N–C) groups is 1. The van der Waals surface area contributed by atoms with Gasteiger partial charge in [-0.2, -0.15) is 13.2 Å². The molecule has 1 aliphatic rings. The average molecular weight is 485 g/mol. The molecule has 0 unspecified atom stereocenters. The highest BCUT2D eigenvalue weighted by molar-refractivity contribution is 14.0. The van der Waals surface area contributed by atoms with Gasteiger partial charge in [0.15, 0.2) is 5.96 Å². The van der Waals surface area contributed by atoms with Gasteiger partial charge in [-0.25, -0.2) is 0 Å². The van der Waals surface area contributed by atoms with E-state index in [1.165, 1.54) is 0 Å². The number of methoxy groups -OCH3 is 1. The molecule has 8 heteroatoms. The standard InChI is InChI=1S/C18H26F3N3O.HI/c1-22-16(23-12-11-18(19,20)21)24-13-17(9-5-6-10-17)14-7-3-4-8-15(14)25-2;/h3-4,7-8H,5-6,9-13H2,1-2H3,(H2,22,23,24);1H. The maximum Gasteiger partial charge on any atom is 0.390 e. The smallest absolute Gasteiger partial charge is 0.390 e. The van der Waals surface area contributed by atoms with Gasteiger partial charge in [0, 0.05) is 31.1 Å². The minimum Gasteiger partial charge on any atom is -0.496 e. The summed E-state index contributed by atoms with van der Waals surface area (Å²) in [7, 11) is 3.22. The molecule has 1 saturated carbocycles. The molecule has 0 radical (unpaired) electrons. The molecule has 1 fully saturated rings. The van der Waals surface area contributed by atoms with Crippen LogP contribution in [0.4, 0.5) is 13.2 Å². The van der Waals surface area contributed by atoms with Crippen LogP contribution in [0.5, 0.6) is 5.75 Å². The molecule has 148 valence electrons. The summed E-state index contributed by atoms with van der Waals surface area (Å²) >= 11 is 0. The third-order valence-corrected chi connectivity index (χ3v) is 4.76. The Hall–Kier alpha value is -1.19. The van der Waals surface area contributed by atoms with Crippen LogP contribution in [0.25, 0.3) is 0 Å². The van der Waals surface area contributed by atoms with Gasteiger partial charge in [0.2, 0.25) is 0 Å². The first-order valence-electron chi connectivity index (χ1n) is 8.55. The number of guanidine groups is 1. The van der Waals surface area contributed by atoms with Gasteiger partial charge >= 0.3 is 6.18 Å². The molecule has 2 N–H and O–H groups in total. The third kappa shape index (κ3) is 6.21. The van der Waals surface area contributed by atoms with Crippen molar-refractivity contribution in [2.75, 3.05) is 27.2 Å². The van der Waals surface area contributed by atoms with Crippen molar-refractivity contribution in [2.24, 2.45) is 4.99 Å². The van der Waals surface area contributed by atoms with E-state index in [1.54, 1.807) is 14.2 Å². The molecule has 0 spiro atoms. The highest BCUT2D eigenvalue weighted by Gasteiger charge is 2.37. The topological polar surface area (TPSA) is 45.7 Å². The number of alkyl halides is 3. The summed E-state index contributed by atoms with van der Waals surface area (Å²) in [4.78, 5) is 4.03. The van der Waals surface area contributed by atoms with Gasteiger partial charge < -0.3 is 15.4 Å². The molecule has 1 aromatic rings. The van der Waals surface area contributed by atoms with Crippen molar-refractivity contribution in [3.05, 3.63) is 29.8 Å². The quantitative estimate of drug-likeness (QED) is 0.360. The molecule has 0 bridgehead atoms. The fourth-order valence-electron chi connectivity index (χ4n) is 3.47. The van der Waals surface area contributed by atoms with Crippen LogP contribution < -0.4 is 15.4 Å². The minimum atomic E-state index is -4.17. The lowest BCUT2D eigenvalue weighted by molar-refractivity contribution is -0.132. The lowest BCUT2D eigenvalue weighted by Crippen LogP contribution is -2.45. The normalized spacial score (nSPS) is 16.7. The molecule has 0 heterocycles. The molecule has 0 atom stereocenters. The number of halogens is 4. The van der Waals surface area contributed by atoms with Crippen molar-refractivity contribution in [3.63, 3.8) is 0 Å². The van der Waals surface area contributed by atoms with Crippen molar-refractivity contribution >= 4 is 29.9 Å². The monoisotopic (exact) mass is 485 g/mol. The van der Waals surface area contributed by atoms with E-state index in [1.807, 2.05) is 18.2 Å². The fourth-order valence-corrected chi connectivity index (χ4v) is 3.47. The Morgan fingerprint density at radius 3 is 2.42 bits per heavy atom. The van der Waals surface area contributed by atoms with E-state index in [2.05, 4.69) is 21.7 Å². The van der Waals surface area contributed by atoms with Crippen LogP contribution in [0.15, 0.2) is 29.3 Å². The average Bonchev–Trinajstić information content (AvgIpc) is 3.07. The number of nitrogens with zero attached hydrogens (tertiary/aromatic N) is 1. The SMILES string of the molecule is CN=C(NCCC(F)(F)F)NCC1(c2ccccc2OC)CCCC1.I. The summed E-state index contributed by atoms with van der Waals surface area (Å²) in [5.41, 5.74) is 1.06. The van der Waals surface area contributed by atoms with Gasteiger partial charge in [-0.05, 0) is 18.9 Å². The zero-order valence-corrected chi connectivity index (χ0v) is 17.5. The van der Waals surface area contributed by atoms with Gasteiger partial charge in [-0.15, -0.1) is 24.0 Å². The number of benzene rings is 1. The summed E-state index contributed by atoms with van der Waals surface area (Å²) in [6.45, 7) is 0.421. The van der Waals surface area contributed by atoms with E-state index in [0.29, 0.717) is 12.5 Å². The Balaban J connectivity index is 0.00000338. The second-order valence-electron chi connectivity index (χ2n) is 6.41. The van der Waals surface area contributed by atoms with Gasteiger partial charge in [0.25, 0.3) is 0 Å². The number of rotatable bonds is 6. The fraction of sp³-hybridized carbons (Fsp3) is 0.611. The number of hydrogen-bond acceptors (Lipinski definition) is 2. The number of para-hydroxylation sites is 1. The molecular formula is C18H27F3IN3O. The van der Waals surface area contributed by atoms with Crippen LogP contribution in [-0.2, 0) is 5.41 Å². The zero-order chi connectivity index (χ0) is 18.3. The van der Waals surface area contributed by atoms with E-state index >= 15 is 0 Å². The predicted molar refractivity (Wildman–Crippen MR) is 109 cm³/mol. The van der Waals surface area contributed by atoms with E-state index in [9.17, 15) is 13.2 Å². The Morgan fingerprint density at radius 1 is 1.19 bits per heavy atom. The van der Waals surface area contributed by atoms with Crippen LogP contribution in [0.2, 0.25) is 0 Å². The Bertz CT molecular complexity index is 587. The lowest BCUT2D eigenvalue weighted by atomic mass is 9.78. The van der Waals surface area contributed by atoms with Crippen molar-refractivity contribution in [1.82, 2.24) is 10.6 Å². The first-order chi connectivity index (χ1) is 11.9. The van der Waals surface area contributed by atoms with Crippen LogP contribution in [0, 0.1) is 0 Å². The number of ether oxygens (including phenoxy) is 1. The second kappa shape index (κ2) is 10.2. The third-order valence-electron chi connectivity index (χ3n) is 4.76. The molecule has 0 saturated heterocycles. The van der Waals surface area contributed by atoms with Crippen molar-refractivity contribution in [3.8, 4) is 5.75 Å².